The van der Waals surface area contributed by atoms with Gasteiger partial charge < -0.3 is 4.42 Å². The van der Waals surface area contributed by atoms with Gasteiger partial charge in [0.1, 0.15) is 10.6 Å². The smallest absolute Gasteiger partial charge is 0.336 e. The molecule has 0 bridgehead atoms. The molecule has 0 fully saturated rings. The molecular formula is C21H19N3O4S2. The van der Waals surface area contributed by atoms with E-state index in [9.17, 15) is 13.2 Å². The van der Waals surface area contributed by atoms with Crippen molar-refractivity contribution in [3.63, 3.8) is 0 Å². The van der Waals surface area contributed by atoms with Crippen molar-refractivity contribution in [2.75, 3.05) is 4.72 Å². The van der Waals surface area contributed by atoms with E-state index in [2.05, 4.69) is 9.71 Å². The number of anilines is 1. The fourth-order valence-corrected chi connectivity index (χ4v) is 4.68. The zero-order valence-electron chi connectivity index (χ0n) is 16.0. The molecule has 0 aliphatic rings. The van der Waals surface area contributed by atoms with Gasteiger partial charge in [0.2, 0.25) is 0 Å². The van der Waals surface area contributed by atoms with E-state index in [1.807, 2.05) is 36.6 Å². The molecule has 1 unspecified atom stereocenters. The zero-order valence-corrected chi connectivity index (χ0v) is 17.7. The summed E-state index contributed by atoms with van der Waals surface area (Å²) in [7, 11) is -3.88. The normalized spacial score (nSPS) is 12.7. The predicted molar refractivity (Wildman–Crippen MR) is 119 cm³/mol. The summed E-state index contributed by atoms with van der Waals surface area (Å²) in [6, 6.07) is 14.2. The Morgan fingerprint density at radius 3 is 2.73 bits per heavy atom. The van der Waals surface area contributed by atoms with Gasteiger partial charge in [0.15, 0.2) is 0 Å². The van der Waals surface area contributed by atoms with Crippen molar-refractivity contribution in [3.8, 4) is 10.6 Å². The van der Waals surface area contributed by atoms with Crippen LogP contribution in [0.1, 0.15) is 30.4 Å². The highest BCUT2D eigenvalue weighted by atomic mass is 32.2. The summed E-state index contributed by atoms with van der Waals surface area (Å²) >= 11 is 1.51. The molecule has 30 heavy (non-hydrogen) atoms. The fraction of sp³-hybridized carbons (Fsp3) is 0.143. The highest BCUT2D eigenvalue weighted by Crippen LogP contribution is 2.35. The van der Waals surface area contributed by atoms with Crippen LogP contribution in [-0.2, 0) is 10.2 Å². The molecule has 0 spiro atoms. The number of thiazole rings is 1. The molecule has 4 rings (SSSR count). The molecule has 154 valence electrons. The average molecular weight is 442 g/mol. The summed E-state index contributed by atoms with van der Waals surface area (Å²) in [4.78, 5) is 16.6. The van der Waals surface area contributed by atoms with Crippen LogP contribution in [0.5, 0.6) is 0 Å². The summed E-state index contributed by atoms with van der Waals surface area (Å²) in [5, 5.41) is 8.65. The molecule has 2 aromatic carbocycles. The highest BCUT2D eigenvalue weighted by molar-refractivity contribution is 7.90. The SMILES string of the molecule is CCC(c1cccc(NS(N)(=O)=O)c1)c1cc(=O)oc2cc(-c3nccs3)ccc12. The van der Waals surface area contributed by atoms with Gasteiger partial charge in [-0.2, -0.15) is 8.42 Å². The zero-order chi connectivity index (χ0) is 21.3. The average Bonchev–Trinajstić information content (AvgIpc) is 3.22. The lowest BCUT2D eigenvalue weighted by Gasteiger charge is -2.18. The molecule has 1 atom stereocenters. The van der Waals surface area contributed by atoms with Gasteiger partial charge >= 0.3 is 5.63 Å². The minimum Gasteiger partial charge on any atom is -0.423 e. The Balaban J connectivity index is 1.83. The van der Waals surface area contributed by atoms with Gasteiger partial charge in [-0.1, -0.05) is 31.2 Å². The van der Waals surface area contributed by atoms with Crippen molar-refractivity contribution in [3.05, 3.63) is 81.7 Å². The second kappa shape index (κ2) is 8.02. The number of nitrogens with two attached hydrogens (primary N) is 1. The molecule has 7 nitrogen and oxygen atoms in total. The quantitative estimate of drug-likeness (QED) is 0.438. The van der Waals surface area contributed by atoms with Gasteiger partial charge in [-0.15, -0.1) is 11.3 Å². The third kappa shape index (κ3) is 4.28. The Bertz CT molecular complexity index is 1360. The Morgan fingerprint density at radius 1 is 1.20 bits per heavy atom. The van der Waals surface area contributed by atoms with E-state index >= 15 is 0 Å². The van der Waals surface area contributed by atoms with Crippen LogP contribution in [0, 0.1) is 0 Å². The number of fused-ring (bicyclic) bond motifs is 1. The number of rotatable bonds is 6. The molecule has 0 radical (unpaired) electrons. The maximum Gasteiger partial charge on any atom is 0.336 e. The van der Waals surface area contributed by atoms with Crippen molar-refractivity contribution in [1.82, 2.24) is 4.98 Å². The van der Waals surface area contributed by atoms with E-state index < -0.39 is 15.8 Å². The molecule has 0 aliphatic heterocycles. The molecule has 0 saturated carbocycles. The van der Waals surface area contributed by atoms with Crippen LogP contribution < -0.4 is 15.5 Å². The first-order valence-electron chi connectivity index (χ1n) is 9.22. The minimum absolute atomic E-state index is 0.135. The van der Waals surface area contributed by atoms with Gasteiger partial charge in [-0.3, -0.25) is 4.72 Å². The van der Waals surface area contributed by atoms with Crippen LogP contribution in [0.3, 0.4) is 0 Å². The first kappa shape index (κ1) is 20.3. The van der Waals surface area contributed by atoms with Crippen LogP contribution in [0.15, 0.2) is 69.3 Å². The molecular weight excluding hydrogens is 422 g/mol. The standard InChI is InChI=1S/C21H19N3O4S2/c1-2-16(13-4-3-5-15(10-13)24-30(22,26)27)18-12-20(25)28-19-11-14(6-7-17(18)19)21-23-8-9-29-21/h3-12,16,24H,2H2,1H3,(H2,22,26,27). The molecule has 2 aromatic heterocycles. The van der Waals surface area contributed by atoms with Crippen LogP contribution in [0.2, 0.25) is 0 Å². The third-order valence-corrected chi connectivity index (χ3v) is 6.13. The number of hydrogen-bond donors (Lipinski definition) is 2. The van der Waals surface area contributed by atoms with Crippen molar-refractivity contribution in [2.24, 2.45) is 5.14 Å². The molecule has 9 heteroatoms. The molecule has 3 N–H and O–H groups in total. The van der Waals surface area contributed by atoms with E-state index in [1.54, 1.807) is 24.4 Å². The number of benzene rings is 2. The number of hydrogen-bond acceptors (Lipinski definition) is 6. The van der Waals surface area contributed by atoms with E-state index in [4.69, 9.17) is 9.56 Å². The molecule has 0 amide bonds. The Morgan fingerprint density at radius 2 is 2.03 bits per heavy atom. The summed E-state index contributed by atoms with van der Waals surface area (Å²) in [6.07, 6.45) is 2.43. The van der Waals surface area contributed by atoms with E-state index in [0.29, 0.717) is 17.7 Å². The number of nitrogens with zero attached hydrogens (tertiary/aromatic N) is 1. The van der Waals surface area contributed by atoms with Crippen LogP contribution >= 0.6 is 11.3 Å². The monoisotopic (exact) mass is 441 g/mol. The van der Waals surface area contributed by atoms with Crippen molar-refractivity contribution >= 4 is 38.2 Å². The molecule has 0 saturated heterocycles. The summed E-state index contributed by atoms with van der Waals surface area (Å²) in [6.45, 7) is 2.01. The first-order chi connectivity index (χ1) is 14.3. The van der Waals surface area contributed by atoms with Crippen molar-refractivity contribution in [1.29, 1.82) is 0 Å². The van der Waals surface area contributed by atoms with Gasteiger partial charge in [-0.25, -0.2) is 14.9 Å². The fourth-order valence-electron chi connectivity index (χ4n) is 3.59. The predicted octanol–water partition coefficient (Wildman–Crippen LogP) is 4.07. The van der Waals surface area contributed by atoms with Crippen molar-refractivity contribution < 1.29 is 12.8 Å². The third-order valence-electron chi connectivity index (χ3n) is 4.79. The largest absolute Gasteiger partial charge is 0.423 e. The Kier molecular flexibility index (Phi) is 5.42. The molecule has 0 aliphatic carbocycles. The lowest BCUT2D eigenvalue weighted by molar-refractivity contribution is 0.557. The van der Waals surface area contributed by atoms with E-state index in [-0.39, 0.29) is 5.92 Å². The molecule has 4 aromatic rings. The van der Waals surface area contributed by atoms with Crippen molar-refractivity contribution in [2.45, 2.75) is 19.3 Å². The van der Waals surface area contributed by atoms with Gasteiger partial charge in [0.05, 0.1) is 5.69 Å². The Hall–Kier alpha value is -3.01. The highest BCUT2D eigenvalue weighted by Gasteiger charge is 2.19. The van der Waals surface area contributed by atoms with Gasteiger partial charge in [-0.05, 0) is 35.7 Å². The van der Waals surface area contributed by atoms with E-state index in [0.717, 1.165) is 27.1 Å². The van der Waals surface area contributed by atoms with Crippen LogP contribution in [-0.4, -0.2) is 13.4 Å². The Labute approximate surface area is 177 Å². The lowest BCUT2D eigenvalue weighted by atomic mass is 9.87. The van der Waals surface area contributed by atoms with Gasteiger partial charge in [0, 0.05) is 34.5 Å². The maximum atomic E-state index is 12.3. The van der Waals surface area contributed by atoms with E-state index in [1.165, 1.54) is 17.4 Å². The minimum atomic E-state index is -3.88. The molecule has 2 heterocycles. The second-order valence-electron chi connectivity index (χ2n) is 6.80. The van der Waals surface area contributed by atoms with Gasteiger partial charge in [0.25, 0.3) is 10.2 Å². The number of aromatic nitrogens is 1. The lowest BCUT2D eigenvalue weighted by Crippen LogP contribution is -2.21. The first-order valence-corrected chi connectivity index (χ1v) is 11.6. The number of nitrogens with one attached hydrogen (secondary N) is 1. The summed E-state index contributed by atoms with van der Waals surface area (Å²) in [5.74, 6) is -0.135. The summed E-state index contributed by atoms with van der Waals surface area (Å²) in [5.41, 5.74) is 2.98. The maximum absolute atomic E-state index is 12.3. The van der Waals surface area contributed by atoms with Crippen LogP contribution in [0.25, 0.3) is 21.5 Å². The second-order valence-corrected chi connectivity index (χ2v) is 8.99. The van der Waals surface area contributed by atoms with Crippen LogP contribution in [0.4, 0.5) is 5.69 Å². The summed E-state index contributed by atoms with van der Waals surface area (Å²) < 4.78 is 30.5. The topological polar surface area (TPSA) is 115 Å².